The number of fused-ring (bicyclic) bond motifs is 7. The van der Waals surface area contributed by atoms with Gasteiger partial charge in [-0.05, 0) is 104 Å². The van der Waals surface area contributed by atoms with Crippen molar-refractivity contribution in [1.82, 2.24) is 0 Å². The highest BCUT2D eigenvalue weighted by atomic mass is 16.4. The Morgan fingerprint density at radius 1 is 0.971 bits per heavy atom. The fourth-order valence-corrected chi connectivity index (χ4v) is 10.3. The first-order valence-corrected chi connectivity index (χ1v) is 13.7. The molecule has 0 aromatic rings. The number of rotatable bonds is 2. The van der Waals surface area contributed by atoms with Gasteiger partial charge < -0.3 is 20.4 Å². The fourth-order valence-electron chi connectivity index (χ4n) is 10.3. The third-order valence-electron chi connectivity index (χ3n) is 12.7. The molecule has 5 heteroatoms. The summed E-state index contributed by atoms with van der Waals surface area (Å²) in [6, 6.07) is 0. The lowest BCUT2D eigenvalue weighted by molar-refractivity contribution is -0.249. The summed E-state index contributed by atoms with van der Waals surface area (Å²) in [4.78, 5) is 12.7. The molecule has 34 heavy (non-hydrogen) atoms. The Morgan fingerprint density at radius 3 is 2.29 bits per heavy atom. The Morgan fingerprint density at radius 2 is 1.65 bits per heavy atom. The van der Waals surface area contributed by atoms with Gasteiger partial charge in [0.2, 0.25) is 0 Å². The molecule has 5 nitrogen and oxygen atoms in total. The Kier molecular flexibility index (Phi) is 5.33. The van der Waals surface area contributed by atoms with E-state index in [1.807, 2.05) is 0 Å². The Hall–Kier alpha value is -0.910. The third-order valence-corrected chi connectivity index (χ3v) is 12.7. The second-order valence-electron chi connectivity index (χ2n) is 14.4. The summed E-state index contributed by atoms with van der Waals surface area (Å²) >= 11 is 0. The molecule has 0 amide bonds. The van der Waals surface area contributed by atoms with E-state index in [1.165, 1.54) is 5.57 Å². The predicted octanol–water partition coefficient (Wildman–Crippen LogP) is 4.93. The summed E-state index contributed by atoms with van der Waals surface area (Å²) in [5.41, 5.74) is -0.720. The van der Waals surface area contributed by atoms with Crippen LogP contribution in [-0.2, 0) is 4.79 Å². The van der Waals surface area contributed by atoms with E-state index in [-0.39, 0.29) is 33.5 Å². The van der Waals surface area contributed by atoms with Gasteiger partial charge in [-0.1, -0.05) is 46.3 Å². The molecule has 0 aromatic carbocycles. The Labute approximate surface area is 205 Å². The quantitative estimate of drug-likeness (QED) is 0.426. The zero-order valence-electron chi connectivity index (χ0n) is 21.9. The van der Waals surface area contributed by atoms with Crippen molar-refractivity contribution in [3.63, 3.8) is 0 Å². The lowest BCUT2D eigenvalue weighted by atomic mass is 9.34. The van der Waals surface area contributed by atoms with Crippen molar-refractivity contribution in [2.24, 2.45) is 44.8 Å². The van der Waals surface area contributed by atoms with Crippen LogP contribution < -0.4 is 0 Å². The van der Waals surface area contributed by atoms with E-state index < -0.39 is 29.7 Å². The van der Waals surface area contributed by atoms with Crippen LogP contribution in [0.3, 0.4) is 0 Å². The zero-order chi connectivity index (χ0) is 24.9. The molecule has 4 fully saturated rings. The molecule has 0 bridgehead atoms. The molecule has 0 aliphatic heterocycles. The molecule has 4 saturated carbocycles. The van der Waals surface area contributed by atoms with Gasteiger partial charge in [-0.2, -0.15) is 0 Å². The number of allylic oxidation sites excluding steroid dienone is 2. The summed E-state index contributed by atoms with van der Waals surface area (Å²) < 4.78 is 0. The largest absolute Gasteiger partial charge is 0.481 e. The summed E-state index contributed by atoms with van der Waals surface area (Å²) in [6.07, 6.45) is 9.90. The van der Waals surface area contributed by atoms with Gasteiger partial charge >= 0.3 is 5.97 Å². The summed E-state index contributed by atoms with van der Waals surface area (Å²) in [6.45, 7) is 11.4. The normalized spacial score (nSPS) is 54.1. The van der Waals surface area contributed by atoms with E-state index in [1.54, 1.807) is 0 Å². The highest BCUT2D eigenvalue weighted by Gasteiger charge is 2.70. The lowest BCUT2D eigenvalue weighted by Gasteiger charge is -2.70. The molecule has 9 atom stereocenters. The van der Waals surface area contributed by atoms with Crippen LogP contribution in [0.5, 0.6) is 0 Å². The molecule has 0 unspecified atom stereocenters. The minimum Gasteiger partial charge on any atom is -0.481 e. The number of aliphatic carboxylic acids is 1. The number of hydrogen-bond acceptors (Lipinski definition) is 4. The standard InChI is InChI=1S/C29H46O5/c1-24(2)12-14-28(23(32)33)15-13-26(4)18(19(28)16-24)6-7-20-25(3)10-9-22(31)29(34,17-30)21(25)8-11-27(20,26)5/h6,19-22,30-31,34H,7-17H2,1-5H3,(H,32,33)/t19-,20+,21+,22-,25+,26+,27+,28-,29+/m0/s1. The van der Waals surface area contributed by atoms with Crippen LogP contribution in [0.25, 0.3) is 0 Å². The summed E-state index contributed by atoms with van der Waals surface area (Å²) in [7, 11) is 0. The van der Waals surface area contributed by atoms with Gasteiger partial charge in [0.1, 0.15) is 5.60 Å². The molecule has 0 spiro atoms. The fraction of sp³-hybridized carbons (Fsp3) is 0.897. The SMILES string of the molecule is CC1(C)CC[C@]2(C(=O)O)CC[C@]3(C)C(=CC[C@@H]4[C@@]5(C)CC[C@H](O)[C@@](O)(CO)[C@@H]5CC[C@]43C)[C@@H]2C1. The van der Waals surface area contributed by atoms with Gasteiger partial charge in [-0.25, -0.2) is 0 Å². The van der Waals surface area contributed by atoms with E-state index >= 15 is 0 Å². The van der Waals surface area contributed by atoms with Crippen LogP contribution in [0.4, 0.5) is 0 Å². The average molecular weight is 475 g/mol. The summed E-state index contributed by atoms with van der Waals surface area (Å²) in [5, 5.41) is 42.7. The monoisotopic (exact) mass is 474 g/mol. The smallest absolute Gasteiger partial charge is 0.310 e. The summed E-state index contributed by atoms with van der Waals surface area (Å²) in [5.74, 6) is -0.292. The van der Waals surface area contributed by atoms with Gasteiger partial charge in [0, 0.05) is 0 Å². The van der Waals surface area contributed by atoms with E-state index in [9.17, 15) is 25.2 Å². The molecule has 5 aliphatic rings. The van der Waals surface area contributed by atoms with Crippen molar-refractivity contribution >= 4 is 5.97 Å². The van der Waals surface area contributed by atoms with Crippen LogP contribution in [-0.4, -0.2) is 44.7 Å². The van der Waals surface area contributed by atoms with Gasteiger partial charge in [0.25, 0.3) is 0 Å². The van der Waals surface area contributed by atoms with E-state index in [0.717, 1.165) is 57.8 Å². The van der Waals surface area contributed by atoms with Crippen molar-refractivity contribution in [2.45, 2.75) is 111 Å². The molecule has 5 aliphatic carbocycles. The number of carboxylic acids is 1. The molecule has 0 saturated heterocycles. The maximum Gasteiger partial charge on any atom is 0.310 e. The first-order valence-electron chi connectivity index (χ1n) is 13.7. The zero-order valence-corrected chi connectivity index (χ0v) is 21.9. The second-order valence-corrected chi connectivity index (χ2v) is 14.4. The van der Waals surface area contributed by atoms with Crippen molar-refractivity contribution in [2.75, 3.05) is 6.61 Å². The van der Waals surface area contributed by atoms with E-state index in [0.29, 0.717) is 12.3 Å². The first kappa shape index (κ1) is 24.8. The van der Waals surface area contributed by atoms with Crippen molar-refractivity contribution in [3.05, 3.63) is 11.6 Å². The minimum atomic E-state index is -1.43. The Bertz CT molecular complexity index is 910. The van der Waals surface area contributed by atoms with Crippen LogP contribution in [0.15, 0.2) is 11.6 Å². The van der Waals surface area contributed by atoms with Crippen molar-refractivity contribution in [1.29, 1.82) is 0 Å². The minimum absolute atomic E-state index is 0.00719. The van der Waals surface area contributed by atoms with Crippen LogP contribution in [0.2, 0.25) is 0 Å². The van der Waals surface area contributed by atoms with E-state index in [2.05, 4.69) is 40.7 Å². The molecular weight excluding hydrogens is 428 g/mol. The molecular formula is C29H46O5. The molecule has 0 aromatic heterocycles. The van der Waals surface area contributed by atoms with Gasteiger partial charge in [0.15, 0.2) is 0 Å². The Balaban J connectivity index is 1.60. The maximum absolute atomic E-state index is 12.7. The third kappa shape index (κ3) is 2.87. The molecule has 5 rings (SSSR count). The number of carbonyl (C=O) groups is 1. The highest BCUT2D eigenvalue weighted by molar-refractivity contribution is 5.76. The highest BCUT2D eigenvalue weighted by Crippen LogP contribution is 2.75. The lowest BCUT2D eigenvalue weighted by Crippen LogP contribution is -2.68. The van der Waals surface area contributed by atoms with Crippen LogP contribution in [0, 0.1) is 44.8 Å². The molecule has 4 N–H and O–H groups in total. The number of aliphatic hydroxyl groups is 3. The number of aliphatic hydroxyl groups excluding tert-OH is 2. The van der Waals surface area contributed by atoms with Gasteiger partial charge in [-0.15, -0.1) is 0 Å². The van der Waals surface area contributed by atoms with Gasteiger partial charge in [0.05, 0.1) is 18.1 Å². The predicted molar refractivity (Wildman–Crippen MR) is 131 cm³/mol. The maximum atomic E-state index is 12.7. The number of carboxylic acid groups (broad SMARTS) is 1. The average Bonchev–Trinajstić information content (AvgIpc) is 2.76. The van der Waals surface area contributed by atoms with Crippen LogP contribution >= 0.6 is 0 Å². The van der Waals surface area contributed by atoms with Gasteiger partial charge in [-0.3, -0.25) is 4.79 Å². The topological polar surface area (TPSA) is 98.0 Å². The van der Waals surface area contributed by atoms with E-state index in [4.69, 9.17) is 0 Å². The number of hydrogen-bond donors (Lipinski definition) is 4. The molecule has 0 heterocycles. The van der Waals surface area contributed by atoms with Crippen LogP contribution in [0.1, 0.15) is 98.8 Å². The molecule has 0 radical (unpaired) electrons. The van der Waals surface area contributed by atoms with Crippen molar-refractivity contribution < 1.29 is 25.2 Å². The molecule has 192 valence electrons. The first-order chi connectivity index (χ1) is 15.7. The van der Waals surface area contributed by atoms with Crippen molar-refractivity contribution in [3.8, 4) is 0 Å². The second kappa shape index (κ2) is 7.32.